The molecule has 8 heteroatoms. The van der Waals surface area contributed by atoms with Gasteiger partial charge in [-0.3, -0.25) is 0 Å². The van der Waals surface area contributed by atoms with Gasteiger partial charge >= 0.3 is 5.97 Å². The van der Waals surface area contributed by atoms with E-state index < -0.39 is 21.8 Å². The molecule has 1 N–H and O–H groups in total. The lowest BCUT2D eigenvalue weighted by Gasteiger charge is -2.16. The van der Waals surface area contributed by atoms with E-state index in [0.717, 1.165) is 4.31 Å². The molecule has 0 bridgehead atoms. The molecule has 0 unspecified atom stereocenters. The second-order valence-electron chi connectivity index (χ2n) is 4.28. The predicted molar refractivity (Wildman–Crippen MR) is 76.3 cm³/mol. The molecule has 21 heavy (non-hydrogen) atoms. The Balaban J connectivity index is 2.26. The summed E-state index contributed by atoms with van der Waals surface area (Å²) in [5.41, 5.74) is 0.249. The van der Waals surface area contributed by atoms with Crippen molar-refractivity contribution in [3.05, 3.63) is 52.7 Å². The third-order valence-electron chi connectivity index (χ3n) is 2.81. The van der Waals surface area contributed by atoms with Crippen LogP contribution in [0.1, 0.15) is 15.2 Å². The number of aromatic carboxylic acids is 1. The second-order valence-corrected chi connectivity index (χ2v) is 7.63. The molecule has 112 valence electrons. The summed E-state index contributed by atoms with van der Waals surface area (Å²) in [6.45, 7) is -0.130. The molecule has 0 saturated heterocycles. The zero-order chi connectivity index (χ0) is 15.6. The quantitative estimate of drug-likeness (QED) is 0.914. The minimum absolute atomic E-state index is 0.0622. The van der Waals surface area contributed by atoms with E-state index in [1.165, 1.54) is 37.4 Å². The first kappa shape index (κ1) is 15.6. The second kappa shape index (κ2) is 5.92. The van der Waals surface area contributed by atoms with Crippen molar-refractivity contribution in [2.75, 3.05) is 7.05 Å². The van der Waals surface area contributed by atoms with Gasteiger partial charge in [-0.05, 0) is 18.2 Å². The lowest BCUT2D eigenvalue weighted by molar-refractivity contribution is 0.0702. The molecule has 0 aliphatic carbocycles. The minimum Gasteiger partial charge on any atom is -0.477 e. The molecule has 0 atom stereocenters. The first-order chi connectivity index (χ1) is 9.82. The van der Waals surface area contributed by atoms with E-state index in [-0.39, 0.29) is 21.2 Å². The predicted octanol–water partition coefficient (Wildman–Crippen LogP) is 2.41. The number of rotatable bonds is 5. The average Bonchev–Trinajstić information content (AvgIpc) is 2.91. The Labute approximate surface area is 125 Å². The van der Waals surface area contributed by atoms with Crippen LogP contribution in [-0.2, 0) is 16.6 Å². The third kappa shape index (κ3) is 3.29. The van der Waals surface area contributed by atoms with Crippen LogP contribution in [0, 0.1) is 5.82 Å². The fraction of sp³-hybridized carbons (Fsp3) is 0.154. The number of halogens is 1. The smallest absolute Gasteiger partial charge is 0.345 e. The summed E-state index contributed by atoms with van der Waals surface area (Å²) in [5, 5.41) is 8.83. The summed E-state index contributed by atoms with van der Waals surface area (Å²) in [7, 11) is -2.52. The molecule has 1 aromatic carbocycles. The molecular weight excluding hydrogens is 317 g/mol. The van der Waals surface area contributed by atoms with Crippen LogP contribution in [0.5, 0.6) is 0 Å². The maximum Gasteiger partial charge on any atom is 0.345 e. The Kier molecular flexibility index (Phi) is 4.40. The van der Waals surface area contributed by atoms with Crippen LogP contribution in [0.15, 0.2) is 40.6 Å². The van der Waals surface area contributed by atoms with Gasteiger partial charge in [0.2, 0.25) is 0 Å². The van der Waals surface area contributed by atoms with Gasteiger partial charge in [-0.1, -0.05) is 18.2 Å². The molecule has 1 heterocycles. The molecule has 1 aromatic heterocycles. The highest BCUT2D eigenvalue weighted by atomic mass is 32.2. The van der Waals surface area contributed by atoms with Crippen LogP contribution in [-0.4, -0.2) is 30.8 Å². The number of hydrogen-bond donors (Lipinski definition) is 1. The summed E-state index contributed by atoms with van der Waals surface area (Å²) in [5.74, 6) is -1.67. The SMILES string of the molecule is CN(Cc1ccccc1F)S(=O)(=O)c1ccc(C(=O)O)s1. The normalized spacial score (nSPS) is 11.8. The lowest BCUT2D eigenvalue weighted by Crippen LogP contribution is -2.26. The highest BCUT2D eigenvalue weighted by Crippen LogP contribution is 2.25. The number of thiophene rings is 1. The number of carboxylic acid groups (broad SMARTS) is 1. The molecule has 0 amide bonds. The van der Waals surface area contributed by atoms with E-state index in [1.54, 1.807) is 6.07 Å². The number of benzene rings is 1. The number of sulfonamides is 1. The van der Waals surface area contributed by atoms with Crippen molar-refractivity contribution in [3.8, 4) is 0 Å². The number of hydrogen-bond acceptors (Lipinski definition) is 4. The highest BCUT2D eigenvalue weighted by molar-refractivity contribution is 7.91. The van der Waals surface area contributed by atoms with E-state index in [4.69, 9.17) is 5.11 Å². The van der Waals surface area contributed by atoms with Crippen LogP contribution >= 0.6 is 11.3 Å². The molecule has 0 saturated carbocycles. The van der Waals surface area contributed by atoms with Gasteiger partial charge in [-0.25, -0.2) is 17.6 Å². The molecule has 0 spiro atoms. The molecule has 2 aromatic rings. The molecule has 2 rings (SSSR count). The Hall–Kier alpha value is -1.77. The van der Waals surface area contributed by atoms with Crippen LogP contribution in [0.2, 0.25) is 0 Å². The van der Waals surface area contributed by atoms with E-state index in [1.807, 2.05) is 0 Å². The molecule has 0 aliphatic rings. The fourth-order valence-electron chi connectivity index (χ4n) is 1.68. The summed E-state index contributed by atoms with van der Waals surface area (Å²) >= 11 is 0.668. The van der Waals surface area contributed by atoms with Crippen molar-refractivity contribution in [3.63, 3.8) is 0 Å². The first-order valence-electron chi connectivity index (χ1n) is 5.85. The standard InChI is InChI=1S/C13H12FNO4S2/c1-15(8-9-4-2-3-5-10(9)14)21(18,19)12-7-6-11(20-12)13(16)17/h2-7H,8H2,1H3,(H,16,17). The van der Waals surface area contributed by atoms with E-state index >= 15 is 0 Å². The van der Waals surface area contributed by atoms with Gasteiger partial charge in [0.1, 0.15) is 14.9 Å². The van der Waals surface area contributed by atoms with Crippen LogP contribution in [0.3, 0.4) is 0 Å². The maximum atomic E-state index is 13.6. The Morgan fingerprint density at radius 2 is 1.95 bits per heavy atom. The van der Waals surface area contributed by atoms with Crippen LogP contribution in [0.4, 0.5) is 4.39 Å². The minimum atomic E-state index is -3.84. The van der Waals surface area contributed by atoms with Gasteiger partial charge < -0.3 is 5.11 Å². The van der Waals surface area contributed by atoms with Gasteiger partial charge in [0.15, 0.2) is 0 Å². The lowest BCUT2D eigenvalue weighted by atomic mass is 10.2. The van der Waals surface area contributed by atoms with Crippen molar-refractivity contribution in [1.29, 1.82) is 0 Å². The number of nitrogens with zero attached hydrogens (tertiary/aromatic N) is 1. The highest BCUT2D eigenvalue weighted by Gasteiger charge is 2.24. The van der Waals surface area contributed by atoms with Crippen molar-refractivity contribution >= 4 is 27.3 Å². The largest absolute Gasteiger partial charge is 0.477 e. The van der Waals surface area contributed by atoms with Gasteiger partial charge in [0.25, 0.3) is 10.0 Å². The van der Waals surface area contributed by atoms with Crippen LogP contribution in [0.25, 0.3) is 0 Å². The molecule has 0 aliphatic heterocycles. The Morgan fingerprint density at radius 1 is 1.29 bits per heavy atom. The Bertz CT molecular complexity index is 770. The van der Waals surface area contributed by atoms with Gasteiger partial charge in [-0.2, -0.15) is 4.31 Å². The number of carbonyl (C=O) groups is 1. The summed E-state index contributed by atoms with van der Waals surface area (Å²) in [6, 6.07) is 8.36. The number of carboxylic acids is 1. The summed E-state index contributed by atoms with van der Waals surface area (Å²) in [4.78, 5) is 10.7. The third-order valence-corrected chi connectivity index (χ3v) is 6.15. The summed E-state index contributed by atoms with van der Waals surface area (Å²) in [6.07, 6.45) is 0. The van der Waals surface area contributed by atoms with E-state index in [2.05, 4.69) is 0 Å². The first-order valence-corrected chi connectivity index (χ1v) is 8.11. The molecule has 0 fully saturated rings. The van der Waals surface area contributed by atoms with Gasteiger partial charge in [-0.15, -0.1) is 11.3 Å². The van der Waals surface area contributed by atoms with Crippen LogP contribution < -0.4 is 0 Å². The monoisotopic (exact) mass is 329 g/mol. The average molecular weight is 329 g/mol. The molecular formula is C13H12FNO4S2. The Morgan fingerprint density at radius 3 is 2.52 bits per heavy atom. The topological polar surface area (TPSA) is 74.7 Å². The summed E-state index contributed by atoms with van der Waals surface area (Å²) < 4.78 is 39.1. The van der Waals surface area contributed by atoms with E-state index in [0.29, 0.717) is 11.3 Å². The van der Waals surface area contributed by atoms with Crippen molar-refractivity contribution in [2.24, 2.45) is 0 Å². The fourth-order valence-corrected chi connectivity index (χ4v) is 4.18. The van der Waals surface area contributed by atoms with E-state index in [9.17, 15) is 17.6 Å². The molecule has 5 nitrogen and oxygen atoms in total. The van der Waals surface area contributed by atoms with Gasteiger partial charge in [0, 0.05) is 19.2 Å². The van der Waals surface area contributed by atoms with Crippen molar-refractivity contribution in [2.45, 2.75) is 10.8 Å². The maximum absolute atomic E-state index is 13.6. The van der Waals surface area contributed by atoms with Crippen molar-refractivity contribution < 1.29 is 22.7 Å². The van der Waals surface area contributed by atoms with Gasteiger partial charge in [0.05, 0.1) is 0 Å². The zero-order valence-corrected chi connectivity index (χ0v) is 12.6. The zero-order valence-electron chi connectivity index (χ0n) is 11.0. The molecule has 0 radical (unpaired) electrons. The van der Waals surface area contributed by atoms with Crippen molar-refractivity contribution in [1.82, 2.24) is 4.31 Å².